The molecular weight excluding hydrogens is 393 g/mol. The molecule has 0 bridgehead atoms. The average molecular weight is 400 g/mol. The summed E-state index contributed by atoms with van der Waals surface area (Å²) in [5.41, 5.74) is -1.53. The predicted molar refractivity (Wildman–Crippen MR) is 62.0 cm³/mol. The van der Waals surface area contributed by atoms with Gasteiger partial charge in [-0.3, -0.25) is 0 Å². The summed E-state index contributed by atoms with van der Waals surface area (Å²) in [7, 11) is 0. The SMILES string of the molecule is CCOc1cc(I)cc(C(F)(F)F)c1OC(F)(F)F. The van der Waals surface area contributed by atoms with E-state index in [-0.39, 0.29) is 10.2 Å². The fourth-order valence-electron chi connectivity index (χ4n) is 1.26. The summed E-state index contributed by atoms with van der Waals surface area (Å²) >= 11 is 1.55. The largest absolute Gasteiger partial charge is 0.573 e. The van der Waals surface area contributed by atoms with Crippen LogP contribution in [-0.2, 0) is 6.18 Å². The molecule has 0 aliphatic rings. The number of hydrogen-bond acceptors (Lipinski definition) is 2. The Balaban J connectivity index is 3.43. The van der Waals surface area contributed by atoms with E-state index in [1.165, 1.54) is 6.92 Å². The molecule has 0 atom stereocenters. The van der Waals surface area contributed by atoms with Crippen molar-refractivity contribution in [2.24, 2.45) is 0 Å². The van der Waals surface area contributed by atoms with Crippen LogP contribution in [0.5, 0.6) is 11.5 Å². The van der Waals surface area contributed by atoms with Gasteiger partial charge in [-0.2, -0.15) is 13.2 Å². The lowest BCUT2D eigenvalue weighted by atomic mass is 10.2. The lowest BCUT2D eigenvalue weighted by molar-refractivity contribution is -0.276. The molecule has 0 heterocycles. The van der Waals surface area contributed by atoms with Crippen molar-refractivity contribution in [2.45, 2.75) is 19.5 Å². The second-order valence-corrected chi connectivity index (χ2v) is 4.50. The van der Waals surface area contributed by atoms with Crippen molar-refractivity contribution in [3.05, 3.63) is 21.3 Å². The smallest absolute Gasteiger partial charge is 0.490 e. The molecule has 0 aromatic heterocycles. The molecule has 1 aromatic carbocycles. The number of alkyl halides is 6. The van der Waals surface area contributed by atoms with Crippen LogP contribution in [0.1, 0.15) is 12.5 Å². The van der Waals surface area contributed by atoms with Gasteiger partial charge in [-0.15, -0.1) is 13.2 Å². The third kappa shape index (κ3) is 4.62. The Hall–Kier alpha value is -0.870. The van der Waals surface area contributed by atoms with Gasteiger partial charge in [0, 0.05) is 3.57 Å². The molecule has 0 N–H and O–H groups in total. The van der Waals surface area contributed by atoms with Crippen molar-refractivity contribution >= 4 is 22.6 Å². The van der Waals surface area contributed by atoms with Gasteiger partial charge in [-0.05, 0) is 41.6 Å². The summed E-state index contributed by atoms with van der Waals surface area (Å²) in [6, 6.07) is 1.60. The highest BCUT2D eigenvalue weighted by Gasteiger charge is 2.41. The van der Waals surface area contributed by atoms with Crippen LogP contribution in [0.15, 0.2) is 12.1 Å². The quantitative estimate of drug-likeness (QED) is 0.545. The van der Waals surface area contributed by atoms with Gasteiger partial charge >= 0.3 is 12.5 Å². The van der Waals surface area contributed by atoms with Crippen LogP contribution < -0.4 is 9.47 Å². The van der Waals surface area contributed by atoms with E-state index in [2.05, 4.69) is 4.74 Å². The minimum atomic E-state index is -5.24. The van der Waals surface area contributed by atoms with Gasteiger partial charge in [0.15, 0.2) is 11.5 Å². The molecule has 0 saturated heterocycles. The fraction of sp³-hybridized carbons (Fsp3) is 0.400. The molecule has 0 aliphatic heterocycles. The molecule has 19 heavy (non-hydrogen) atoms. The third-order valence-corrected chi connectivity index (χ3v) is 2.47. The molecule has 0 amide bonds. The Morgan fingerprint density at radius 3 is 2.11 bits per heavy atom. The Morgan fingerprint density at radius 1 is 1.11 bits per heavy atom. The minimum Gasteiger partial charge on any atom is -0.490 e. The zero-order valence-electron chi connectivity index (χ0n) is 9.32. The first kappa shape index (κ1) is 16.2. The van der Waals surface area contributed by atoms with Crippen molar-refractivity contribution < 1.29 is 35.8 Å². The number of hydrogen-bond donors (Lipinski definition) is 0. The van der Waals surface area contributed by atoms with Crippen LogP contribution in [0.25, 0.3) is 0 Å². The van der Waals surface area contributed by atoms with Crippen LogP contribution in [-0.4, -0.2) is 13.0 Å². The van der Waals surface area contributed by atoms with E-state index in [9.17, 15) is 26.3 Å². The summed E-state index contributed by atoms with van der Waals surface area (Å²) in [6.45, 7) is 1.34. The van der Waals surface area contributed by atoms with E-state index in [1.54, 1.807) is 22.6 Å². The Morgan fingerprint density at radius 2 is 1.68 bits per heavy atom. The van der Waals surface area contributed by atoms with Gasteiger partial charge in [-0.1, -0.05) is 0 Å². The Kier molecular flexibility index (Phi) is 4.80. The molecule has 0 fully saturated rings. The molecular formula is C10H7F6IO2. The van der Waals surface area contributed by atoms with Gasteiger partial charge in [-0.25, -0.2) is 0 Å². The highest BCUT2D eigenvalue weighted by molar-refractivity contribution is 14.1. The van der Waals surface area contributed by atoms with E-state index in [0.717, 1.165) is 6.07 Å². The first-order chi connectivity index (χ1) is 8.54. The molecule has 9 heteroatoms. The van der Waals surface area contributed by atoms with E-state index in [4.69, 9.17) is 4.74 Å². The summed E-state index contributed by atoms with van der Waals surface area (Å²) in [6.07, 6.45) is -10.2. The van der Waals surface area contributed by atoms with Crippen LogP contribution in [0.4, 0.5) is 26.3 Å². The molecule has 108 valence electrons. The number of halogens is 7. The van der Waals surface area contributed by atoms with Crippen molar-refractivity contribution in [1.29, 1.82) is 0 Å². The number of rotatable bonds is 3. The maximum Gasteiger partial charge on any atom is 0.573 e. The molecule has 0 aliphatic carbocycles. The molecule has 1 aromatic rings. The second-order valence-electron chi connectivity index (χ2n) is 3.26. The van der Waals surface area contributed by atoms with Crippen molar-refractivity contribution in [2.75, 3.05) is 6.61 Å². The van der Waals surface area contributed by atoms with Gasteiger partial charge < -0.3 is 9.47 Å². The highest BCUT2D eigenvalue weighted by atomic mass is 127. The summed E-state index contributed by atoms with van der Waals surface area (Å²) in [5.74, 6) is -1.97. The molecule has 0 saturated carbocycles. The van der Waals surface area contributed by atoms with Gasteiger partial charge in [0.25, 0.3) is 0 Å². The number of benzene rings is 1. The van der Waals surface area contributed by atoms with Gasteiger partial charge in [0.05, 0.1) is 6.61 Å². The first-order valence-electron chi connectivity index (χ1n) is 4.84. The Bertz CT molecular complexity index is 455. The van der Waals surface area contributed by atoms with Crippen molar-refractivity contribution in [3.8, 4) is 11.5 Å². The molecule has 0 unspecified atom stereocenters. The van der Waals surface area contributed by atoms with Crippen LogP contribution >= 0.6 is 22.6 Å². The monoisotopic (exact) mass is 400 g/mol. The molecule has 2 nitrogen and oxygen atoms in total. The summed E-state index contributed by atoms with van der Waals surface area (Å²) in [4.78, 5) is 0. The topological polar surface area (TPSA) is 18.5 Å². The molecule has 1 rings (SSSR count). The maximum atomic E-state index is 12.7. The fourth-order valence-corrected chi connectivity index (χ4v) is 1.86. The van der Waals surface area contributed by atoms with E-state index in [1.807, 2.05) is 0 Å². The van der Waals surface area contributed by atoms with Crippen molar-refractivity contribution in [1.82, 2.24) is 0 Å². The van der Waals surface area contributed by atoms with Crippen LogP contribution in [0.2, 0.25) is 0 Å². The van der Waals surface area contributed by atoms with E-state index >= 15 is 0 Å². The third-order valence-electron chi connectivity index (χ3n) is 1.84. The summed E-state index contributed by atoms with van der Waals surface area (Å²) < 4.78 is 83.0. The van der Waals surface area contributed by atoms with Gasteiger partial charge in [0.2, 0.25) is 0 Å². The average Bonchev–Trinajstić information content (AvgIpc) is 2.18. The summed E-state index contributed by atoms with van der Waals surface area (Å²) in [5, 5.41) is 0. The zero-order chi connectivity index (χ0) is 14.8. The van der Waals surface area contributed by atoms with E-state index in [0.29, 0.717) is 6.07 Å². The standard InChI is InChI=1S/C10H7F6IO2/c1-2-18-7-4-5(17)3-6(9(11,12)13)8(7)19-10(14,15)16/h3-4H,2H2,1H3. The second kappa shape index (κ2) is 5.63. The molecule has 0 radical (unpaired) electrons. The van der Waals surface area contributed by atoms with E-state index < -0.39 is 29.6 Å². The van der Waals surface area contributed by atoms with Crippen LogP contribution in [0.3, 0.4) is 0 Å². The highest BCUT2D eigenvalue weighted by Crippen LogP contribution is 2.44. The Labute approximate surface area is 117 Å². The lowest BCUT2D eigenvalue weighted by Crippen LogP contribution is -2.21. The number of ether oxygens (including phenoxy) is 2. The minimum absolute atomic E-state index is 0.0860. The van der Waals surface area contributed by atoms with Crippen molar-refractivity contribution in [3.63, 3.8) is 0 Å². The maximum absolute atomic E-state index is 12.7. The first-order valence-corrected chi connectivity index (χ1v) is 5.91. The zero-order valence-corrected chi connectivity index (χ0v) is 11.5. The molecule has 0 spiro atoms. The normalized spacial score (nSPS) is 12.4. The van der Waals surface area contributed by atoms with Gasteiger partial charge in [0.1, 0.15) is 5.56 Å². The van der Waals surface area contributed by atoms with Crippen LogP contribution in [0, 0.1) is 3.57 Å². The lowest BCUT2D eigenvalue weighted by Gasteiger charge is -2.19. The predicted octanol–water partition coefficient (Wildman–Crippen LogP) is 4.61.